The summed E-state index contributed by atoms with van der Waals surface area (Å²) >= 11 is 6.07. The highest BCUT2D eigenvalue weighted by molar-refractivity contribution is 6.33. The summed E-state index contributed by atoms with van der Waals surface area (Å²) in [5, 5.41) is 5.12. The molecule has 2 N–H and O–H groups in total. The summed E-state index contributed by atoms with van der Waals surface area (Å²) in [6, 6.07) is 8.18. The van der Waals surface area contributed by atoms with Crippen LogP contribution in [0.5, 0.6) is 0 Å². The molecule has 1 aromatic heterocycles. The number of aromatic nitrogens is 1. The number of nitrogens with two attached hydrogens (primary N) is 1. The van der Waals surface area contributed by atoms with E-state index in [0.29, 0.717) is 16.1 Å². The summed E-state index contributed by atoms with van der Waals surface area (Å²) in [6.45, 7) is 0. The second-order valence-corrected chi connectivity index (χ2v) is 4.35. The van der Waals surface area contributed by atoms with Crippen molar-refractivity contribution in [1.82, 2.24) is 5.16 Å². The van der Waals surface area contributed by atoms with Crippen LogP contribution in [0.1, 0.15) is 0 Å². The van der Waals surface area contributed by atoms with Gasteiger partial charge in [0.25, 0.3) is 0 Å². The molecule has 0 unspecified atom stereocenters. The standard InChI is InChI=1S/C13H8ClFN2O/c14-10-5-12(16)11(15)4-9(10)7-1-2-8-6-18-17-13(8)3-7/h1-6H,16H2. The van der Waals surface area contributed by atoms with Crippen LogP contribution in [-0.4, -0.2) is 5.16 Å². The molecule has 0 bridgehead atoms. The van der Waals surface area contributed by atoms with E-state index in [1.165, 1.54) is 12.1 Å². The van der Waals surface area contributed by atoms with Gasteiger partial charge in [-0.05, 0) is 29.8 Å². The Morgan fingerprint density at radius 2 is 2.06 bits per heavy atom. The molecule has 0 radical (unpaired) electrons. The zero-order valence-corrected chi connectivity index (χ0v) is 9.91. The Balaban J connectivity index is 2.21. The Bertz CT molecular complexity index is 739. The van der Waals surface area contributed by atoms with Crippen molar-refractivity contribution in [2.45, 2.75) is 0 Å². The molecular formula is C13H8ClFN2O. The minimum Gasteiger partial charge on any atom is -0.396 e. The number of hydrogen-bond donors (Lipinski definition) is 1. The summed E-state index contributed by atoms with van der Waals surface area (Å²) in [5.41, 5.74) is 7.52. The molecule has 0 saturated heterocycles. The number of nitrogen functional groups attached to an aromatic ring is 1. The van der Waals surface area contributed by atoms with Gasteiger partial charge in [-0.25, -0.2) is 4.39 Å². The second kappa shape index (κ2) is 3.99. The molecule has 2 aromatic carbocycles. The van der Waals surface area contributed by atoms with Crippen LogP contribution in [0.2, 0.25) is 5.02 Å². The van der Waals surface area contributed by atoms with Crippen LogP contribution < -0.4 is 5.73 Å². The molecule has 3 nitrogen and oxygen atoms in total. The van der Waals surface area contributed by atoms with Gasteiger partial charge in [0.15, 0.2) is 0 Å². The fraction of sp³-hybridized carbons (Fsp3) is 0. The first-order valence-corrected chi connectivity index (χ1v) is 5.62. The highest BCUT2D eigenvalue weighted by atomic mass is 35.5. The van der Waals surface area contributed by atoms with Crippen molar-refractivity contribution in [2.75, 3.05) is 5.73 Å². The fourth-order valence-electron chi connectivity index (χ4n) is 1.81. The molecular weight excluding hydrogens is 255 g/mol. The second-order valence-electron chi connectivity index (χ2n) is 3.94. The van der Waals surface area contributed by atoms with Crippen LogP contribution >= 0.6 is 11.6 Å². The largest absolute Gasteiger partial charge is 0.396 e. The van der Waals surface area contributed by atoms with Crippen molar-refractivity contribution in [2.24, 2.45) is 0 Å². The van der Waals surface area contributed by atoms with Crippen molar-refractivity contribution < 1.29 is 8.91 Å². The Hall–Kier alpha value is -2.07. The minimum absolute atomic E-state index is 0.0336. The molecule has 0 saturated carbocycles. The molecule has 3 aromatic rings. The lowest BCUT2D eigenvalue weighted by Gasteiger charge is -2.06. The maximum Gasteiger partial charge on any atom is 0.146 e. The lowest BCUT2D eigenvalue weighted by molar-refractivity contribution is 0.428. The molecule has 90 valence electrons. The first kappa shape index (κ1) is 11.0. The predicted molar refractivity (Wildman–Crippen MR) is 68.8 cm³/mol. The summed E-state index contributed by atoms with van der Waals surface area (Å²) in [5.74, 6) is -0.491. The summed E-state index contributed by atoms with van der Waals surface area (Å²) in [6.07, 6.45) is 1.55. The number of hydrogen-bond acceptors (Lipinski definition) is 3. The van der Waals surface area contributed by atoms with Crippen molar-refractivity contribution in [3.63, 3.8) is 0 Å². The number of nitrogens with zero attached hydrogens (tertiary/aromatic N) is 1. The van der Waals surface area contributed by atoms with Crippen LogP contribution in [-0.2, 0) is 0 Å². The average Bonchev–Trinajstić information content (AvgIpc) is 2.80. The summed E-state index contributed by atoms with van der Waals surface area (Å²) < 4.78 is 18.3. The highest BCUT2D eigenvalue weighted by Gasteiger charge is 2.10. The SMILES string of the molecule is Nc1cc(Cl)c(-c2ccc3conc3c2)cc1F. The lowest BCUT2D eigenvalue weighted by atomic mass is 10.0. The maximum atomic E-state index is 13.5. The number of halogens is 2. The Morgan fingerprint density at radius 1 is 1.22 bits per heavy atom. The minimum atomic E-state index is -0.491. The van der Waals surface area contributed by atoms with Crippen molar-refractivity contribution in [3.8, 4) is 11.1 Å². The monoisotopic (exact) mass is 262 g/mol. The number of fused-ring (bicyclic) bond motifs is 1. The van der Waals surface area contributed by atoms with Gasteiger partial charge in [0.1, 0.15) is 17.6 Å². The zero-order chi connectivity index (χ0) is 12.7. The van der Waals surface area contributed by atoms with E-state index in [0.717, 1.165) is 10.9 Å². The molecule has 0 atom stereocenters. The predicted octanol–water partition coefficient (Wildman–Crippen LogP) is 3.87. The zero-order valence-electron chi connectivity index (χ0n) is 9.15. The van der Waals surface area contributed by atoms with Gasteiger partial charge in [0, 0.05) is 10.9 Å². The first-order valence-electron chi connectivity index (χ1n) is 5.24. The Kier molecular flexibility index (Phi) is 2.45. The van der Waals surface area contributed by atoms with Gasteiger partial charge in [-0.2, -0.15) is 0 Å². The molecule has 0 aliphatic rings. The highest BCUT2D eigenvalue weighted by Crippen LogP contribution is 2.32. The molecule has 0 aliphatic carbocycles. The van der Waals surface area contributed by atoms with Gasteiger partial charge in [-0.15, -0.1) is 0 Å². The van der Waals surface area contributed by atoms with Gasteiger partial charge >= 0.3 is 0 Å². The first-order chi connectivity index (χ1) is 8.65. The van der Waals surface area contributed by atoms with E-state index in [2.05, 4.69) is 5.16 Å². The normalized spacial score (nSPS) is 11.0. The van der Waals surface area contributed by atoms with Crippen molar-refractivity contribution in [1.29, 1.82) is 0 Å². The molecule has 5 heteroatoms. The van der Waals surface area contributed by atoms with Gasteiger partial charge in [0.2, 0.25) is 0 Å². The molecule has 0 fully saturated rings. The lowest BCUT2D eigenvalue weighted by Crippen LogP contribution is -1.92. The molecule has 18 heavy (non-hydrogen) atoms. The van der Waals surface area contributed by atoms with Crippen LogP contribution in [0, 0.1) is 5.82 Å². The van der Waals surface area contributed by atoms with E-state index in [1.54, 1.807) is 12.3 Å². The molecule has 0 amide bonds. The molecule has 0 aliphatic heterocycles. The van der Waals surface area contributed by atoms with E-state index in [1.807, 2.05) is 12.1 Å². The van der Waals surface area contributed by atoms with Gasteiger partial charge in [-0.1, -0.05) is 22.8 Å². The van der Waals surface area contributed by atoms with Crippen LogP contribution in [0.4, 0.5) is 10.1 Å². The van der Waals surface area contributed by atoms with Crippen LogP contribution in [0.3, 0.4) is 0 Å². The third-order valence-corrected chi connectivity index (χ3v) is 3.07. The topological polar surface area (TPSA) is 52.0 Å². The Morgan fingerprint density at radius 3 is 2.89 bits per heavy atom. The smallest absolute Gasteiger partial charge is 0.146 e. The summed E-state index contributed by atoms with van der Waals surface area (Å²) in [7, 11) is 0. The van der Waals surface area contributed by atoms with E-state index >= 15 is 0 Å². The third kappa shape index (κ3) is 1.71. The van der Waals surface area contributed by atoms with Gasteiger partial charge in [0.05, 0.1) is 10.7 Å². The van der Waals surface area contributed by atoms with Crippen LogP contribution in [0.15, 0.2) is 41.1 Å². The number of anilines is 1. The van der Waals surface area contributed by atoms with Crippen LogP contribution in [0.25, 0.3) is 22.0 Å². The van der Waals surface area contributed by atoms with Crippen molar-refractivity contribution in [3.05, 3.63) is 47.4 Å². The average molecular weight is 263 g/mol. The third-order valence-electron chi connectivity index (χ3n) is 2.76. The summed E-state index contributed by atoms with van der Waals surface area (Å²) in [4.78, 5) is 0. The number of benzene rings is 2. The maximum absolute atomic E-state index is 13.5. The number of rotatable bonds is 1. The van der Waals surface area contributed by atoms with Gasteiger partial charge in [-0.3, -0.25) is 0 Å². The Labute approximate surface area is 107 Å². The van der Waals surface area contributed by atoms with Gasteiger partial charge < -0.3 is 10.3 Å². The molecule has 0 spiro atoms. The molecule has 1 heterocycles. The molecule has 3 rings (SSSR count). The van der Waals surface area contributed by atoms with E-state index in [4.69, 9.17) is 21.9 Å². The fourth-order valence-corrected chi connectivity index (χ4v) is 2.09. The van der Waals surface area contributed by atoms with E-state index in [9.17, 15) is 4.39 Å². The van der Waals surface area contributed by atoms with Crippen molar-refractivity contribution >= 4 is 28.2 Å². The van der Waals surface area contributed by atoms with E-state index < -0.39 is 5.82 Å². The van der Waals surface area contributed by atoms with E-state index in [-0.39, 0.29) is 5.69 Å². The quantitative estimate of drug-likeness (QED) is 0.677.